The number of aryl methyl sites for hydroxylation is 1. The standard InChI is InChI=1S/C30H35N3O3/c1-4-22(2)23-14-16-25(17-15-23)36-19-8-7-18-33-28-13-6-5-12-27(28)32-29(33)21-31-30(34)24-10-9-11-26(20-24)35-3/h5-6,9-17,20,22H,4,7-8,18-19,21H2,1-3H3,(H,31,34). The molecule has 4 aromatic rings. The number of rotatable bonds is 12. The molecule has 0 spiro atoms. The van der Waals surface area contributed by atoms with Gasteiger partial charge < -0.3 is 19.4 Å². The lowest BCUT2D eigenvalue weighted by Gasteiger charge is -2.12. The van der Waals surface area contributed by atoms with Crippen LogP contribution in [-0.2, 0) is 13.1 Å². The number of aromatic nitrogens is 2. The molecule has 1 heterocycles. The van der Waals surface area contributed by atoms with Crippen molar-refractivity contribution in [3.63, 3.8) is 0 Å². The topological polar surface area (TPSA) is 65.4 Å². The molecule has 0 aliphatic carbocycles. The molecule has 6 heteroatoms. The van der Waals surface area contributed by atoms with Crippen LogP contribution in [-0.4, -0.2) is 29.2 Å². The van der Waals surface area contributed by atoms with Crippen LogP contribution in [0.25, 0.3) is 11.0 Å². The number of unbranched alkanes of at least 4 members (excludes halogenated alkanes) is 1. The molecular weight excluding hydrogens is 450 g/mol. The van der Waals surface area contributed by atoms with E-state index < -0.39 is 0 Å². The zero-order chi connectivity index (χ0) is 25.3. The Morgan fingerprint density at radius 1 is 1.00 bits per heavy atom. The van der Waals surface area contributed by atoms with Crippen molar-refractivity contribution in [2.75, 3.05) is 13.7 Å². The van der Waals surface area contributed by atoms with Crippen molar-refractivity contribution >= 4 is 16.9 Å². The van der Waals surface area contributed by atoms with Crippen LogP contribution in [0.3, 0.4) is 0 Å². The van der Waals surface area contributed by atoms with Gasteiger partial charge in [0.25, 0.3) is 5.91 Å². The molecule has 1 N–H and O–H groups in total. The van der Waals surface area contributed by atoms with E-state index in [1.807, 2.05) is 30.3 Å². The Morgan fingerprint density at radius 3 is 2.58 bits per heavy atom. The zero-order valence-corrected chi connectivity index (χ0v) is 21.4. The minimum atomic E-state index is -0.153. The highest BCUT2D eigenvalue weighted by molar-refractivity contribution is 5.94. The molecule has 0 fully saturated rings. The molecule has 0 bridgehead atoms. The Kier molecular flexibility index (Phi) is 8.61. The van der Waals surface area contributed by atoms with Crippen LogP contribution in [0.15, 0.2) is 72.8 Å². The monoisotopic (exact) mass is 485 g/mol. The number of nitrogens with one attached hydrogen (secondary N) is 1. The molecule has 1 atom stereocenters. The summed E-state index contributed by atoms with van der Waals surface area (Å²) in [6, 6.07) is 23.7. The number of nitrogens with zero attached hydrogens (tertiary/aromatic N) is 2. The second-order valence-corrected chi connectivity index (χ2v) is 9.02. The van der Waals surface area contributed by atoms with Crippen LogP contribution in [0.4, 0.5) is 0 Å². The molecule has 0 radical (unpaired) electrons. The molecule has 36 heavy (non-hydrogen) atoms. The van der Waals surface area contributed by atoms with Crippen molar-refractivity contribution in [2.45, 2.75) is 52.1 Å². The Morgan fingerprint density at radius 2 is 1.81 bits per heavy atom. The summed E-state index contributed by atoms with van der Waals surface area (Å²) in [6.07, 6.45) is 3.01. The van der Waals surface area contributed by atoms with Gasteiger partial charge in [-0.1, -0.05) is 44.2 Å². The van der Waals surface area contributed by atoms with Crippen molar-refractivity contribution in [1.29, 1.82) is 0 Å². The van der Waals surface area contributed by atoms with Crippen molar-refractivity contribution < 1.29 is 14.3 Å². The number of carbonyl (C=O) groups excluding carboxylic acids is 1. The molecule has 1 amide bonds. The third-order valence-corrected chi connectivity index (χ3v) is 6.58. The highest BCUT2D eigenvalue weighted by atomic mass is 16.5. The van der Waals surface area contributed by atoms with Gasteiger partial charge in [-0.05, 0) is 73.2 Å². The summed E-state index contributed by atoms with van der Waals surface area (Å²) < 4.78 is 13.4. The molecule has 1 aromatic heterocycles. The number of para-hydroxylation sites is 2. The summed E-state index contributed by atoms with van der Waals surface area (Å²) in [5, 5.41) is 3.01. The van der Waals surface area contributed by atoms with E-state index in [0.717, 1.165) is 48.4 Å². The van der Waals surface area contributed by atoms with Crippen molar-refractivity contribution in [3.05, 3.63) is 89.7 Å². The summed E-state index contributed by atoms with van der Waals surface area (Å²) in [4.78, 5) is 17.5. The lowest BCUT2D eigenvalue weighted by molar-refractivity contribution is 0.0949. The lowest BCUT2D eigenvalue weighted by Crippen LogP contribution is -2.24. The van der Waals surface area contributed by atoms with Gasteiger partial charge >= 0.3 is 0 Å². The second kappa shape index (κ2) is 12.2. The van der Waals surface area contributed by atoms with Gasteiger partial charge in [-0.3, -0.25) is 4.79 Å². The van der Waals surface area contributed by atoms with Crippen molar-refractivity contribution in [3.8, 4) is 11.5 Å². The third-order valence-electron chi connectivity index (χ3n) is 6.58. The highest BCUT2D eigenvalue weighted by Gasteiger charge is 2.13. The van der Waals surface area contributed by atoms with Gasteiger partial charge in [0.2, 0.25) is 0 Å². The van der Waals surface area contributed by atoms with Crippen LogP contribution in [0.1, 0.15) is 60.8 Å². The summed E-state index contributed by atoms with van der Waals surface area (Å²) in [7, 11) is 1.59. The van der Waals surface area contributed by atoms with E-state index in [1.54, 1.807) is 19.2 Å². The first-order valence-corrected chi connectivity index (χ1v) is 12.7. The SMILES string of the molecule is CCC(C)c1ccc(OCCCCn2c(CNC(=O)c3cccc(OC)c3)nc3ccccc32)cc1. The number of ether oxygens (including phenoxy) is 2. The van der Waals surface area contributed by atoms with E-state index in [9.17, 15) is 4.79 Å². The van der Waals surface area contributed by atoms with Crippen LogP contribution < -0.4 is 14.8 Å². The number of hydrogen-bond donors (Lipinski definition) is 1. The van der Waals surface area contributed by atoms with Crippen molar-refractivity contribution in [1.82, 2.24) is 14.9 Å². The van der Waals surface area contributed by atoms with Crippen LogP contribution in [0, 0.1) is 0 Å². The second-order valence-electron chi connectivity index (χ2n) is 9.02. The van der Waals surface area contributed by atoms with E-state index in [0.29, 0.717) is 30.4 Å². The average molecular weight is 486 g/mol. The maximum absolute atomic E-state index is 12.7. The van der Waals surface area contributed by atoms with E-state index in [1.165, 1.54) is 5.56 Å². The normalized spacial score (nSPS) is 11.9. The van der Waals surface area contributed by atoms with Gasteiger partial charge in [-0.2, -0.15) is 0 Å². The summed E-state index contributed by atoms with van der Waals surface area (Å²) >= 11 is 0. The number of imidazole rings is 1. The van der Waals surface area contributed by atoms with Gasteiger partial charge in [0.1, 0.15) is 17.3 Å². The molecule has 0 aliphatic rings. The number of carbonyl (C=O) groups is 1. The van der Waals surface area contributed by atoms with Crippen molar-refractivity contribution in [2.24, 2.45) is 0 Å². The molecule has 6 nitrogen and oxygen atoms in total. The number of methoxy groups -OCH3 is 1. The predicted molar refractivity (Wildman–Crippen MR) is 144 cm³/mol. The van der Waals surface area contributed by atoms with Gasteiger partial charge in [-0.15, -0.1) is 0 Å². The Bertz CT molecular complexity index is 1280. The van der Waals surface area contributed by atoms with Gasteiger partial charge in [0, 0.05) is 12.1 Å². The molecule has 0 saturated heterocycles. The van der Waals surface area contributed by atoms with E-state index >= 15 is 0 Å². The smallest absolute Gasteiger partial charge is 0.251 e. The molecule has 0 saturated carbocycles. The molecular formula is C30H35N3O3. The molecule has 0 aliphatic heterocycles. The van der Waals surface area contributed by atoms with Crippen LogP contribution in [0.5, 0.6) is 11.5 Å². The fraction of sp³-hybridized carbons (Fsp3) is 0.333. The van der Waals surface area contributed by atoms with E-state index in [-0.39, 0.29) is 5.91 Å². The number of amides is 1. The molecule has 4 rings (SSSR count). The Labute approximate surface area is 213 Å². The number of hydrogen-bond acceptors (Lipinski definition) is 4. The first-order valence-electron chi connectivity index (χ1n) is 12.7. The average Bonchev–Trinajstić information content (AvgIpc) is 3.28. The largest absolute Gasteiger partial charge is 0.497 e. The summed E-state index contributed by atoms with van der Waals surface area (Å²) in [5.74, 6) is 2.83. The maximum atomic E-state index is 12.7. The minimum absolute atomic E-state index is 0.153. The highest BCUT2D eigenvalue weighted by Crippen LogP contribution is 2.22. The summed E-state index contributed by atoms with van der Waals surface area (Å²) in [6.45, 7) is 6.27. The predicted octanol–water partition coefficient (Wildman–Crippen LogP) is 6.35. The lowest BCUT2D eigenvalue weighted by atomic mass is 9.99. The maximum Gasteiger partial charge on any atom is 0.251 e. The van der Waals surface area contributed by atoms with Gasteiger partial charge in [0.05, 0.1) is 31.3 Å². The first kappa shape index (κ1) is 25.3. The fourth-order valence-electron chi connectivity index (χ4n) is 4.23. The van der Waals surface area contributed by atoms with E-state index in [2.05, 4.69) is 54.1 Å². The van der Waals surface area contributed by atoms with Crippen LogP contribution in [0.2, 0.25) is 0 Å². The first-order chi connectivity index (χ1) is 17.6. The Balaban J connectivity index is 1.34. The van der Waals surface area contributed by atoms with E-state index in [4.69, 9.17) is 14.5 Å². The van der Waals surface area contributed by atoms with Gasteiger partial charge in [-0.25, -0.2) is 4.98 Å². The third kappa shape index (κ3) is 6.25. The number of benzene rings is 3. The zero-order valence-electron chi connectivity index (χ0n) is 21.4. The molecule has 3 aromatic carbocycles. The minimum Gasteiger partial charge on any atom is -0.497 e. The molecule has 1 unspecified atom stereocenters. The Hall–Kier alpha value is -3.80. The van der Waals surface area contributed by atoms with Crippen LogP contribution >= 0.6 is 0 Å². The number of fused-ring (bicyclic) bond motifs is 1. The van der Waals surface area contributed by atoms with Gasteiger partial charge in [0.15, 0.2) is 0 Å². The fourth-order valence-corrected chi connectivity index (χ4v) is 4.23. The summed E-state index contributed by atoms with van der Waals surface area (Å²) in [5.41, 5.74) is 3.92. The quantitative estimate of drug-likeness (QED) is 0.238. The molecule has 188 valence electrons.